The summed E-state index contributed by atoms with van der Waals surface area (Å²) in [4.78, 5) is 2.50. The van der Waals surface area contributed by atoms with Crippen molar-refractivity contribution in [1.82, 2.24) is 0 Å². The third kappa shape index (κ3) is 2.62. The predicted molar refractivity (Wildman–Crippen MR) is 119 cm³/mol. The van der Waals surface area contributed by atoms with Crippen molar-refractivity contribution in [3.05, 3.63) is 107 Å². The topological polar surface area (TPSA) is 3.24 Å². The Balaban J connectivity index is 1.60. The average molecular weight is 364 g/mol. The monoisotopic (exact) mass is 363 g/mol. The predicted octanol–water partition coefficient (Wildman–Crippen LogP) is 7.01. The second-order valence-corrected chi connectivity index (χ2v) is 8.03. The maximum atomic E-state index is 2.50. The quantitative estimate of drug-likeness (QED) is 0.473. The minimum absolute atomic E-state index is 0.355. The number of aryl methyl sites for hydroxylation is 3. The van der Waals surface area contributed by atoms with E-state index < -0.39 is 0 Å². The first-order chi connectivity index (χ1) is 13.6. The molecule has 3 aromatic carbocycles. The number of hydrogen-bond acceptors (Lipinski definition) is 1. The minimum Gasteiger partial charge on any atom is -0.333 e. The summed E-state index contributed by atoms with van der Waals surface area (Å²) in [6.45, 7) is 6.59. The number of hydrogen-bond donors (Lipinski definition) is 0. The Labute approximate surface area is 167 Å². The molecule has 0 N–H and O–H groups in total. The van der Waals surface area contributed by atoms with Crippen LogP contribution in [0, 0.1) is 20.8 Å². The van der Waals surface area contributed by atoms with Crippen molar-refractivity contribution < 1.29 is 0 Å². The first-order valence-corrected chi connectivity index (χ1v) is 10.0. The van der Waals surface area contributed by atoms with E-state index in [9.17, 15) is 0 Å². The summed E-state index contributed by atoms with van der Waals surface area (Å²) < 4.78 is 0. The van der Waals surface area contributed by atoms with Gasteiger partial charge in [-0.3, -0.25) is 0 Å². The van der Waals surface area contributed by atoms with Gasteiger partial charge >= 0.3 is 0 Å². The third-order valence-corrected chi connectivity index (χ3v) is 6.12. The minimum atomic E-state index is 0.355. The van der Waals surface area contributed by atoms with Gasteiger partial charge in [-0.15, -0.1) is 0 Å². The van der Waals surface area contributed by atoms with Crippen LogP contribution >= 0.6 is 0 Å². The van der Waals surface area contributed by atoms with Gasteiger partial charge in [0.2, 0.25) is 0 Å². The molecule has 5 rings (SSSR count). The highest BCUT2D eigenvalue weighted by Gasteiger charge is 2.36. The molecule has 0 bridgehead atoms. The van der Waals surface area contributed by atoms with Crippen LogP contribution in [-0.2, 0) is 0 Å². The molecule has 2 atom stereocenters. The number of nitrogens with zero attached hydrogens (tertiary/aromatic N) is 1. The van der Waals surface area contributed by atoms with Crippen LogP contribution in [0.25, 0.3) is 11.1 Å². The standard InChI is InChI=1S/C27H25N/c1-18-12-14-22(19(2)16-18)23-15-13-21(17-20(23)3)28-26-10-6-4-8-24(26)25-9-5-7-11-27(25)28/h4-17,24,26H,1-3H3. The number of fused-ring (bicyclic) bond motifs is 3. The van der Waals surface area contributed by atoms with Crippen LogP contribution in [0.15, 0.2) is 85.0 Å². The molecule has 0 saturated heterocycles. The van der Waals surface area contributed by atoms with Crippen molar-refractivity contribution in [1.29, 1.82) is 0 Å². The molecular weight excluding hydrogens is 338 g/mol. The number of rotatable bonds is 2. The lowest BCUT2D eigenvalue weighted by atomic mass is 9.91. The summed E-state index contributed by atoms with van der Waals surface area (Å²) in [7, 11) is 0. The van der Waals surface area contributed by atoms with Crippen LogP contribution in [0.3, 0.4) is 0 Å². The van der Waals surface area contributed by atoms with Gasteiger partial charge < -0.3 is 4.90 Å². The molecule has 0 aromatic heterocycles. The molecule has 0 fully saturated rings. The molecule has 0 spiro atoms. The molecule has 2 aliphatic rings. The van der Waals surface area contributed by atoms with E-state index in [4.69, 9.17) is 0 Å². The van der Waals surface area contributed by atoms with Crippen molar-refractivity contribution in [3.8, 4) is 11.1 Å². The summed E-state index contributed by atoms with van der Waals surface area (Å²) in [5, 5.41) is 0. The van der Waals surface area contributed by atoms with E-state index in [0.29, 0.717) is 12.0 Å². The smallest absolute Gasteiger partial charge is 0.0629 e. The maximum absolute atomic E-state index is 2.50. The van der Waals surface area contributed by atoms with Crippen LogP contribution in [0.5, 0.6) is 0 Å². The number of benzene rings is 3. The van der Waals surface area contributed by atoms with E-state index >= 15 is 0 Å². The summed E-state index contributed by atoms with van der Waals surface area (Å²) >= 11 is 0. The van der Waals surface area contributed by atoms with E-state index in [1.807, 2.05) is 0 Å². The van der Waals surface area contributed by atoms with Gasteiger partial charge in [-0.05, 0) is 66.8 Å². The second-order valence-electron chi connectivity index (χ2n) is 8.03. The highest BCUT2D eigenvalue weighted by atomic mass is 15.2. The fourth-order valence-electron chi connectivity index (χ4n) is 4.81. The summed E-state index contributed by atoms with van der Waals surface area (Å²) in [5.74, 6) is 0.431. The first kappa shape index (κ1) is 17.1. The molecular formula is C27H25N. The van der Waals surface area contributed by atoms with E-state index in [1.165, 1.54) is 44.8 Å². The average Bonchev–Trinajstić information content (AvgIpc) is 3.03. The van der Waals surface area contributed by atoms with Gasteiger partial charge in [0.1, 0.15) is 0 Å². The molecule has 3 aromatic rings. The normalized spacial score (nSPS) is 19.6. The third-order valence-electron chi connectivity index (χ3n) is 6.12. The Hall–Kier alpha value is -3.06. The van der Waals surface area contributed by atoms with Gasteiger partial charge in [-0.1, -0.05) is 72.3 Å². The molecule has 0 saturated carbocycles. The summed E-state index contributed by atoms with van der Waals surface area (Å²) in [6.07, 6.45) is 9.02. The summed E-state index contributed by atoms with van der Waals surface area (Å²) in [5.41, 5.74) is 10.6. The van der Waals surface area contributed by atoms with Gasteiger partial charge in [-0.25, -0.2) is 0 Å². The van der Waals surface area contributed by atoms with Crippen molar-refractivity contribution in [2.75, 3.05) is 4.90 Å². The molecule has 1 heteroatoms. The van der Waals surface area contributed by atoms with Crippen LogP contribution in [0.2, 0.25) is 0 Å². The van der Waals surface area contributed by atoms with E-state index in [1.54, 1.807) is 0 Å². The highest BCUT2D eigenvalue weighted by Crippen LogP contribution is 2.47. The van der Waals surface area contributed by atoms with Crippen LogP contribution < -0.4 is 4.90 Å². The number of allylic oxidation sites excluding steroid dienone is 2. The fourth-order valence-corrected chi connectivity index (χ4v) is 4.81. The van der Waals surface area contributed by atoms with Gasteiger partial charge in [0.15, 0.2) is 0 Å². The summed E-state index contributed by atoms with van der Waals surface area (Å²) in [6, 6.07) is 22.8. The molecule has 1 nitrogen and oxygen atoms in total. The Morgan fingerprint density at radius 1 is 0.714 bits per heavy atom. The highest BCUT2D eigenvalue weighted by molar-refractivity contribution is 5.79. The van der Waals surface area contributed by atoms with Gasteiger partial charge in [-0.2, -0.15) is 0 Å². The molecule has 28 heavy (non-hydrogen) atoms. The molecule has 1 aliphatic heterocycles. The molecule has 2 unspecified atom stereocenters. The molecule has 1 heterocycles. The Morgan fingerprint density at radius 2 is 1.43 bits per heavy atom. The number of para-hydroxylation sites is 1. The molecule has 1 aliphatic carbocycles. The lowest BCUT2D eigenvalue weighted by molar-refractivity contribution is 0.744. The Bertz CT molecular complexity index is 1120. The number of anilines is 2. The maximum Gasteiger partial charge on any atom is 0.0629 e. The van der Waals surface area contributed by atoms with E-state index in [2.05, 4.69) is 111 Å². The van der Waals surface area contributed by atoms with Crippen LogP contribution in [0.4, 0.5) is 11.4 Å². The van der Waals surface area contributed by atoms with Crippen LogP contribution in [-0.4, -0.2) is 6.04 Å². The first-order valence-electron chi connectivity index (χ1n) is 10.0. The van der Waals surface area contributed by atoms with Gasteiger partial charge in [0.25, 0.3) is 0 Å². The zero-order valence-electron chi connectivity index (χ0n) is 16.7. The largest absolute Gasteiger partial charge is 0.333 e. The fraction of sp³-hybridized carbons (Fsp3) is 0.185. The van der Waals surface area contributed by atoms with Gasteiger partial charge in [0, 0.05) is 17.3 Å². The van der Waals surface area contributed by atoms with Gasteiger partial charge in [0.05, 0.1) is 6.04 Å². The van der Waals surface area contributed by atoms with Crippen molar-refractivity contribution in [2.24, 2.45) is 0 Å². The van der Waals surface area contributed by atoms with E-state index in [-0.39, 0.29) is 0 Å². The zero-order chi connectivity index (χ0) is 19.3. The zero-order valence-corrected chi connectivity index (χ0v) is 16.7. The SMILES string of the molecule is Cc1ccc(-c2ccc(N3c4ccccc4C4C=CC=CC43)cc2C)c(C)c1. The lowest BCUT2D eigenvalue weighted by Gasteiger charge is -2.29. The second kappa shape index (κ2) is 6.53. The Morgan fingerprint density at radius 3 is 2.21 bits per heavy atom. The molecule has 0 amide bonds. The van der Waals surface area contributed by atoms with Crippen molar-refractivity contribution in [3.63, 3.8) is 0 Å². The van der Waals surface area contributed by atoms with Crippen molar-refractivity contribution in [2.45, 2.75) is 32.7 Å². The van der Waals surface area contributed by atoms with Crippen LogP contribution in [0.1, 0.15) is 28.2 Å². The lowest BCUT2D eigenvalue weighted by Crippen LogP contribution is -2.28. The Kier molecular flexibility index (Phi) is 3.98. The van der Waals surface area contributed by atoms with Crippen molar-refractivity contribution >= 4 is 11.4 Å². The molecule has 138 valence electrons. The van der Waals surface area contributed by atoms with E-state index in [0.717, 1.165) is 0 Å². The molecule has 0 radical (unpaired) electrons.